The first kappa shape index (κ1) is 39.9. The van der Waals surface area contributed by atoms with Crippen LogP contribution in [0, 0.1) is 5.92 Å². The van der Waals surface area contributed by atoms with Gasteiger partial charge in [0, 0.05) is 52.1 Å². The third-order valence-corrected chi connectivity index (χ3v) is 7.03. The summed E-state index contributed by atoms with van der Waals surface area (Å²) in [4.78, 5) is 17.4. The SMILES string of the molecule is C=C(NC(CC)CCC(C)C)C(=CC(C=O)=C(C)NC(=C\C)/C(/C=C\C)=C\C=C\C(F)(F)F)C(C=C(C)C)=C1C=CC(C)=CC=N1. The molecule has 1 unspecified atom stereocenters. The Hall–Kier alpha value is -4.13. The van der Waals surface area contributed by atoms with E-state index in [1.807, 2.05) is 45.1 Å². The Kier molecular flexibility index (Phi) is 17.4. The van der Waals surface area contributed by atoms with E-state index in [-0.39, 0.29) is 12.1 Å². The molecular weight excluding hydrogens is 583 g/mol. The minimum atomic E-state index is -4.42. The van der Waals surface area contributed by atoms with E-state index in [2.05, 4.69) is 38.0 Å². The molecule has 46 heavy (non-hydrogen) atoms. The van der Waals surface area contributed by atoms with Crippen LogP contribution in [0.25, 0.3) is 0 Å². The predicted molar refractivity (Wildman–Crippen MR) is 190 cm³/mol. The lowest BCUT2D eigenvalue weighted by atomic mass is 9.94. The molecule has 0 aromatic carbocycles. The maximum atomic E-state index is 12.8. The van der Waals surface area contributed by atoms with Gasteiger partial charge in [-0.2, -0.15) is 13.2 Å². The lowest BCUT2D eigenvalue weighted by molar-refractivity contribution is -0.104. The molecule has 0 fully saturated rings. The van der Waals surface area contributed by atoms with E-state index in [1.54, 1.807) is 51.3 Å². The largest absolute Gasteiger partial charge is 0.409 e. The van der Waals surface area contributed by atoms with E-state index in [4.69, 9.17) is 4.99 Å². The second-order valence-corrected chi connectivity index (χ2v) is 11.8. The summed E-state index contributed by atoms with van der Waals surface area (Å²) in [6, 6.07) is 0.184. The van der Waals surface area contributed by atoms with Crippen LogP contribution in [0.3, 0.4) is 0 Å². The van der Waals surface area contributed by atoms with Gasteiger partial charge >= 0.3 is 6.18 Å². The van der Waals surface area contributed by atoms with E-state index < -0.39 is 6.18 Å². The molecule has 250 valence electrons. The van der Waals surface area contributed by atoms with E-state index in [0.717, 1.165) is 54.0 Å². The van der Waals surface area contributed by atoms with Gasteiger partial charge < -0.3 is 10.6 Å². The van der Waals surface area contributed by atoms with Crippen molar-refractivity contribution in [1.29, 1.82) is 0 Å². The molecule has 0 amide bonds. The highest BCUT2D eigenvalue weighted by Crippen LogP contribution is 2.29. The summed E-state index contributed by atoms with van der Waals surface area (Å²) in [7, 11) is 0. The number of aliphatic imine (C=N–C) groups is 1. The highest BCUT2D eigenvalue weighted by Gasteiger charge is 2.21. The van der Waals surface area contributed by atoms with Crippen LogP contribution in [-0.2, 0) is 4.79 Å². The summed E-state index contributed by atoms with van der Waals surface area (Å²) in [5, 5.41) is 6.88. The van der Waals surface area contributed by atoms with Crippen LogP contribution in [0.15, 0.2) is 135 Å². The Bertz CT molecular complexity index is 1410. The molecule has 2 N–H and O–H groups in total. The standard InChI is InChI=1S/C39H52F3N3O/c1-11-15-32(16-14-22-39(40,41)42)37(13-3)45-30(9)33(26-46)25-35(31(10)44-34(12-2)19-17-27(4)5)36(24-28(6)7)38-20-18-29(8)21-23-43-38/h11,13-16,18,20-27,34,44-45H,10,12,17,19H2,1-9H3/b15-11-,22-14+,32-16-,33-30?,35-25?,37-13-,38-36?. The minimum absolute atomic E-state index is 0.182. The fourth-order valence-electron chi connectivity index (χ4n) is 4.49. The van der Waals surface area contributed by atoms with Gasteiger partial charge in [-0.25, -0.2) is 0 Å². The lowest BCUT2D eigenvalue weighted by Crippen LogP contribution is -2.29. The smallest absolute Gasteiger partial charge is 0.382 e. The average molecular weight is 636 g/mol. The Morgan fingerprint density at radius 1 is 1.09 bits per heavy atom. The number of halogens is 3. The number of carbonyl (C=O) groups is 1. The number of alkyl halides is 3. The van der Waals surface area contributed by atoms with Crippen LogP contribution < -0.4 is 10.6 Å². The molecule has 0 bridgehead atoms. The summed E-state index contributed by atoms with van der Waals surface area (Å²) in [5.41, 5.74) is 6.95. The van der Waals surface area contributed by atoms with Crippen molar-refractivity contribution < 1.29 is 18.0 Å². The Morgan fingerprint density at radius 3 is 2.33 bits per heavy atom. The molecule has 0 aromatic rings. The summed E-state index contributed by atoms with van der Waals surface area (Å²) in [5.74, 6) is 0.563. The third kappa shape index (κ3) is 14.8. The summed E-state index contributed by atoms with van der Waals surface area (Å²) in [6.45, 7) is 22.3. The molecule has 0 radical (unpaired) electrons. The van der Waals surface area contributed by atoms with E-state index in [1.165, 1.54) is 6.08 Å². The van der Waals surface area contributed by atoms with E-state index >= 15 is 0 Å². The number of carbonyl (C=O) groups excluding carboxylic acids is 1. The van der Waals surface area contributed by atoms with Gasteiger partial charge in [-0.05, 0) is 96.1 Å². The van der Waals surface area contributed by atoms with Crippen molar-refractivity contribution in [2.24, 2.45) is 10.9 Å². The highest BCUT2D eigenvalue weighted by molar-refractivity contribution is 5.81. The first-order valence-corrected chi connectivity index (χ1v) is 15.8. The van der Waals surface area contributed by atoms with Gasteiger partial charge in [-0.1, -0.05) is 75.5 Å². The van der Waals surface area contributed by atoms with Gasteiger partial charge in [0.15, 0.2) is 6.29 Å². The zero-order valence-electron chi connectivity index (χ0n) is 29.0. The third-order valence-electron chi connectivity index (χ3n) is 7.03. The van der Waals surface area contributed by atoms with E-state index in [0.29, 0.717) is 39.7 Å². The van der Waals surface area contributed by atoms with Gasteiger partial charge in [0.25, 0.3) is 0 Å². The Morgan fingerprint density at radius 2 is 1.78 bits per heavy atom. The Labute approximate surface area is 275 Å². The predicted octanol–water partition coefficient (Wildman–Crippen LogP) is 10.6. The van der Waals surface area contributed by atoms with Crippen molar-refractivity contribution in [1.82, 2.24) is 10.6 Å². The van der Waals surface area contributed by atoms with Crippen LogP contribution in [0.4, 0.5) is 13.2 Å². The van der Waals surface area contributed by atoms with Crippen molar-refractivity contribution in [3.8, 4) is 0 Å². The number of rotatable bonds is 16. The number of nitrogens with zero attached hydrogens (tertiary/aromatic N) is 1. The number of aldehydes is 1. The summed E-state index contributed by atoms with van der Waals surface area (Å²) in [6.07, 6.45) is 18.5. The topological polar surface area (TPSA) is 53.5 Å². The van der Waals surface area contributed by atoms with Crippen molar-refractivity contribution in [2.75, 3.05) is 0 Å². The van der Waals surface area contributed by atoms with Crippen molar-refractivity contribution in [2.45, 2.75) is 93.8 Å². The number of hydrogen-bond acceptors (Lipinski definition) is 4. The summed E-state index contributed by atoms with van der Waals surface area (Å²) >= 11 is 0. The Balaban J connectivity index is 3.90. The molecule has 0 saturated heterocycles. The minimum Gasteiger partial charge on any atom is -0.382 e. The first-order valence-electron chi connectivity index (χ1n) is 15.8. The molecule has 1 atom stereocenters. The summed E-state index contributed by atoms with van der Waals surface area (Å²) < 4.78 is 38.3. The number of nitrogens with one attached hydrogen (secondary N) is 2. The normalized spacial score (nSPS) is 17.2. The molecule has 1 aliphatic heterocycles. The van der Waals surface area contributed by atoms with E-state index in [9.17, 15) is 18.0 Å². The molecule has 1 aliphatic rings. The van der Waals surface area contributed by atoms with Gasteiger partial charge in [0.1, 0.15) is 0 Å². The monoisotopic (exact) mass is 635 g/mol. The van der Waals surface area contributed by atoms with Crippen molar-refractivity contribution >= 4 is 12.5 Å². The van der Waals surface area contributed by atoms with Gasteiger partial charge in [-0.3, -0.25) is 9.79 Å². The van der Waals surface area contributed by atoms with Crippen LogP contribution in [-0.4, -0.2) is 24.7 Å². The van der Waals surface area contributed by atoms with Crippen LogP contribution >= 0.6 is 0 Å². The van der Waals surface area contributed by atoms with Crippen molar-refractivity contribution in [3.05, 3.63) is 130 Å². The van der Waals surface area contributed by atoms with Gasteiger partial charge in [0.2, 0.25) is 0 Å². The molecule has 7 heteroatoms. The van der Waals surface area contributed by atoms with Crippen LogP contribution in [0.2, 0.25) is 0 Å². The maximum absolute atomic E-state index is 12.8. The average Bonchev–Trinajstić information content (AvgIpc) is 3.20. The highest BCUT2D eigenvalue weighted by atomic mass is 19.4. The molecule has 0 aromatic heterocycles. The zero-order chi connectivity index (χ0) is 34.9. The van der Waals surface area contributed by atoms with Crippen LogP contribution in [0.5, 0.6) is 0 Å². The lowest BCUT2D eigenvalue weighted by Gasteiger charge is -2.24. The van der Waals surface area contributed by atoms with Crippen LogP contribution in [0.1, 0.15) is 81.6 Å². The first-order chi connectivity index (χ1) is 21.6. The maximum Gasteiger partial charge on any atom is 0.409 e. The second-order valence-electron chi connectivity index (χ2n) is 11.8. The number of allylic oxidation sites excluding steroid dienone is 16. The molecule has 0 saturated carbocycles. The molecule has 4 nitrogen and oxygen atoms in total. The van der Waals surface area contributed by atoms with Crippen molar-refractivity contribution in [3.63, 3.8) is 0 Å². The fraction of sp³-hybridized carbons (Fsp3) is 0.385. The zero-order valence-corrected chi connectivity index (χ0v) is 29.0. The molecule has 0 spiro atoms. The van der Waals surface area contributed by atoms with Gasteiger partial charge in [-0.15, -0.1) is 0 Å². The molecular formula is C39H52F3N3O. The molecule has 1 rings (SSSR count). The molecule has 0 aliphatic carbocycles. The number of hydrogen-bond donors (Lipinski definition) is 2. The quantitative estimate of drug-likeness (QED) is 0.101. The molecule has 1 heterocycles. The fourth-order valence-corrected chi connectivity index (χ4v) is 4.49. The second kappa shape index (κ2) is 20.1. The van der Waals surface area contributed by atoms with Gasteiger partial charge in [0.05, 0.1) is 5.70 Å².